The van der Waals surface area contributed by atoms with Gasteiger partial charge in [0.25, 0.3) is 0 Å². The summed E-state index contributed by atoms with van der Waals surface area (Å²) in [6.45, 7) is 2.40. The van der Waals surface area contributed by atoms with Crippen LogP contribution in [0.1, 0.15) is 17.3 Å². The number of ether oxygens (including phenoxy) is 3. The molecule has 0 radical (unpaired) electrons. The maximum Gasteiger partial charge on any atom is 0.249 e. The second-order valence-corrected chi connectivity index (χ2v) is 6.70. The minimum atomic E-state index is -0.539. The molecule has 0 aliphatic heterocycles. The van der Waals surface area contributed by atoms with E-state index >= 15 is 0 Å². The fourth-order valence-electron chi connectivity index (χ4n) is 3.45. The van der Waals surface area contributed by atoms with Crippen LogP contribution in [0, 0.1) is 0 Å². The SMILES string of the molecule is CCOc1ccc(C(N)=O)c(-c2cc3nccc(-c4ccc(OC)c(OC)c4)n3n2)c1. The average Bonchev–Trinajstić information content (AvgIpc) is 3.23. The number of amides is 1. The number of nitrogens with zero attached hydrogens (tertiary/aromatic N) is 3. The van der Waals surface area contributed by atoms with Gasteiger partial charge in [-0.1, -0.05) is 0 Å². The fraction of sp³-hybridized carbons (Fsp3) is 0.174. The van der Waals surface area contributed by atoms with Gasteiger partial charge < -0.3 is 19.9 Å². The Bertz CT molecular complexity index is 1270. The number of aromatic nitrogens is 3. The molecule has 2 aromatic carbocycles. The molecule has 31 heavy (non-hydrogen) atoms. The number of hydrogen-bond donors (Lipinski definition) is 1. The standard InChI is InChI=1S/C23H22N4O4/c1-4-31-15-6-7-16(23(24)28)17(12-15)18-13-22-25-10-9-19(27(22)26-18)14-5-8-20(29-2)21(11-14)30-3/h5-13H,4H2,1-3H3,(H2,24,28). The highest BCUT2D eigenvalue weighted by Crippen LogP contribution is 2.33. The third-order valence-corrected chi connectivity index (χ3v) is 4.88. The van der Waals surface area contributed by atoms with Gasteiger partial charge in [-0.15, -0.1) is 0 Å². The summed E-state index contributed by atoms with van der Waals surface area (Å²) in [7, 11) is 3.18. The molecule has 0 saturated heterocycles. The van der Waals surface area contributed by atoms with Crippen LogP contribution in [0.15, 0.2) is 54.7 Å². The van der Waals surface area contributed by atoms with Crippen LogP contribution in [0.25, 0.3) is 28.2 Å². The van der Waals surface area contributed by atoms with Crippen molar-refractivity contribution in [2.24, 2.45) is 5.73 Å². The zero-order valence-corrected chi connectivity index (χ0v) is 17.5. The number of nitrogens with two attached hydrogens (primary N) is 1. The topological polar surface area (TPSA) is 101 Å². The second-order valence-electron chi connectivity index (χ2n) is 6.70. The van der Waals surface area contributed by atoms with Crippen molar-refractivity contribution in [2.75, 3.05) is 20.8 Å². The largest absolute Gasteiger partial charge is 0.494 e. The minimum absolute atomic E-state index is 0.361. The number of fused-ring (bicyclic) bond motifs is 1. The van der Waals surface area contributed by atoms with E-state index in [0.29, 0.717) is 46.3 Å². The van der Waals surface area contributed by atoms with Gasteiger partial charge in [0.1, 0.15) is 5.75 Å². The van der Waals surface area contributed by atoms with E-state index < -0.39 is 5.91 Å². The Balaban J connectivity index is 1.88. The number of primary amides is 1. The molecule has 0 unspecified atom stereocenters. The number of rotatable bonds is 7. The van der Waals surface area contributed by atoms with Crippen molar-refractivity contribution in [1.29, 1.82) is 0 Å². The van der Waals surface area contributed by atoms with Gasteiger partial charge in [-0.05, 0) is 49.4 Å². The molecule has 0 spiro atoms. The first-order chi connectivity index (χ1) is 15.0. The lowest BCUT2D eigenvalue weighted by atomic mass is 10.0. The normalized spacial score (nSPS) is 10.8. The van der Waals surface area contributed by atoms with Crippen molar-refractivity contribution in [3.8, 4) is 39.8 Å². The first-order valence-corrected chi connectivity index (χ1v) is 9.70. The van der Waals surface area contributed by atoms with Gasteiger partial charge in [-0.2, -0.15) is 5.10 Å². The molecule has 8 heteroatoms. The van der Waals surface area contributed by atoms with Crippen LogP contribution in [-0.4, -0.2) is 41.3 Å². The summed E-state index contributed by atoms with van der Waals surface area (Å²) in [5, 5.41) is 4.72. The van der Waals surface area contributed by atoms with Crippen molar-refractivity contribution in [3.63, 3.8) is 0 Å². The van der Waals surface area contributed by atoms with Crippen LogP contribution in [0.5, 0.6) is 17.2 Å². The lowest BCUT2D eigenvalue weighted by molar-refractivity contribution is 0.100. The zero-order chi connectivity index (χ0) is 22.0. The molecular weight excluding hydrogens is 396 g/mol. The average molecular weight is 418 g/mol. The molecule has 0 saturated carbocycles. The molecular formula is C23H22N4O4. The molecule has 158 valence electrons. The van der Waals surface area contributed by atoms with Crippen molar-refractivity contribution in [1.82, 2.24) is 14.6 Å². The van der Waals surface area contributed by atoms with Gasteiger partial charge in [-0.3, -0.25) is 4.79 Å². The molecule has 0 bridgehead atoms. The van der Waals surface area contributed by atoms with Crippen LogP contribution in [0.2, 0.25) is 0 Å². The molecule has 4 rings (SSSR count). The van der Waals surface area contributed by atoms with E-state index in [9.17, 15) is 4.79 Å². The summed E-state index contributed by atoms with van der Waals surface area (Å²) >= 11 is 0. The lowest BCUT2D eigenvalue weighted by Gasteiger charge is -2.10. The maximum atomic E-state index is 12.0. The predicted molar refractivity (Wildman–Crippen MR) is 117 cm³/mol. The number of carbonyl (C=O) groups is 1. The highest BCUT2D eigenvalue weighted by atomic mass is 16.5. The van der Waals surface area contributed by atoms with Crippen molar-refractivity contribution < 1.29 is 19.0 Å². The molecule has 2 N–H and O–H groups in total. The minimum Gasteiger partial charge on any atom is -0.494 e. The van der Waals surface area contributed by atoms with Gasteiger partial charge in [0.2, 0.25) is 5.91 Å². The zero-order valence-electron chi connectivity index (χ0n) is 17.5. The van der Waals surface area contributed by atoms with E-state index in [1.807, 2.05) is 37.3 Å². The van der Waals surface area contributed by atoms with Gasteiger partial charge in [0, 0.05) is 29.0 Å². The maximum absolute atomic E-state index is 12.0. The summed E-state index contributed by atoms with van der Waals surface area (Å²) in [5.74, 6) is 1.34. The molecule has 0 aliphatic carbocycles. The molecule has 0 aliphatic rings. The molecule has 4 aromatic rings. The Labute approximate surface area is 179 Å². The Kier molecular flexibility index (Phi) is 5.44. The number of carbonyl (C=O) groups excluding carboxylic acids is 1. The lowest BCUT2D eigenvalue weighted by Crippen LogP contribution is -2.12. The predicted octanol–water partition coefficient (Wildman–Crippen LogP) is 3.58. The van der Waals surface area contributed by atoms with Crippen LogP contribution in [0.3, 0.4) is 0 Å². The van der Waals surface area contributed by atoms with E-state index in [1.165, 1.54) is 0 Å². The Morgan fingerprint density at radius 1 is 1.03 bits per heavy atom. The Hall–Kier alpha value is -4.07. The van der Waals surface area contributed by atoms with Gasteiger partial charge in [-0.25, -0.2) is 9.50 Å². The van der Waals surface area contributed by atoms with Gasteiger partial charge in [0.15, 0.2) is 17.1 Å². The third kappa shape index (κ3) is 3.75. The third-order valence-electron chi connectivity index (χ3n) is 4.88. The van der Waals surface area contributed by atoms with Crippen LogP contribution >= 0.6 is 0 Å². The Morgan fingerprint density at radius 3 is 2.55 bits per heavy atom. The van der Waals surface area contributed by atoms with E-state index in [4.69, 9.17) is 25.0 Å². The highest BCUT2D eigenvalue weighted by Gasteiger charge is 2.17. The van der Waals surface area contributed by atoms with Crippen LogP contribution < -0.4 is 19.9 Å². The molecule has 2 heterocycles. The van der Waals surface area contributed by atoms with Gasteiger partial charge in [0.05, 0.1) is 32.2 Å². The van der Waals surface area contributed by atoms with E-state index in [-0.39, 0.29) is 0 Å². The quantitative estimate of drug-likeness (QED) is 0.492. The second kappa shape index (κ2) is 8.35. The van der Waals surface area contributed by atoms with Crippen molar-refractivity contribution in [2.45, 2.75) is 6.92 Å². The summed E-state index contributed by atoms with van der Waals surface area (Å²) in [4.78, 5) is 16.4. The summed E-state index contributed by atoms with van der Waals surface area (Å²) in [6.07, 6.45) is 1.71. The summed E-state index contributed by atoms with van der Waals surface area (Å²) < 4.78 is 18.1. The monoisotopic (exact) mass is 418 g/mol. The molecule has 0 atom stereocenters. The number of methoxy groups -OCH3 is 2. The number of benzene rings is 2. The molecule has 0 fully saturated rings. The first-order valence-electron chi connectivity index (χ1n) is 9.70. The summed E-state index contributed by atoms with van der Waals surface area (Å²) in [6, 6.07) is 14.4. The molecule has 8 nitrogen and oxygen atoms in total. The summed E-state index contributed by atoms with van der Waals surface area (Å²) in [5.41, 5.74) is 9.41. The van der Waals surface area contributed by atoms with Crippen LogP contribution in [-0.2, 0) is 0 Å². The van der Waals surface area contributed by atoms with E-state index in [2.05, 4.69) is 4.98 Å². The fourth-order valence-corrected chi connectivity index (χ4v) is 3.45. The van der Waals surface area contributed by atoms with Gasteiger partial charge >= 0.3 is 0 Å². The molecule has 1 amide bonds. The van der Waals surface area contributed by atoms with Crippen molar-refractivity contribution in [3.05, 3.63) is 60.3 Å². The Morgan fingerprint density at radius 2 is 1.84 bits per heavy atom. The number of hydrogen-bond acceptors (Lipinski definition) is 6. The highest BCUT2D eigenvalue weighted by molar-refractivity contribution is 6.00. The first kappa shape index (κ1) is 20.2. The smallest absolute Gasteiger partial charge is 0.249 e. The molecule has 2 aromatic heterocycles. The van der Waals surface area contributed by atoms with Crippen molar-refractivity contribution >= 4 is 11.6 Å². The van der Waals surface area contributed by atoms with E-state index in [0.717, 1.165) is 11.3 Å². The van der Waals surface area contributed by atoms with E-state index in [1.54, 1.807) is 43.1 Å². The van der Waals surface area contributed by atoms with Crippen LogP contribution in [0.4, 0.5) is 0 Å².